The molecule has 0 amide bonds. The summed E-state index contributed by atoms with van der Waals surface area (Å²) in [5, 5.41) is 9.77. The molecule has 0 fully saturated rings. The molecule has 2 aromatic carbocycles. The second-order valence-electron chi connectivity index (χ2n) is 5.83. The lowest BCUT2D eigenvalue weighted by Gasteiger charge is -2.22. The number of aromatic carboxylic acids is 1. The van der Waals surface area contributed by atoms with E-state index in [1.165, 1.54) is 0 Å². The van der Waals surface area contributed by atoms with Crippen LogP contribution in [0.25, 0.3) is 0 Å². The van der Waals surface area contributed by atoms with Crippen molar-refractivity contribution in [3.63, 3.8) is 0 Å². The van der Waals surface area contributed by atoms with E-state index in [1.54, 1.807) is 30.2 Å². The van der Waals surface area contributed by atoms with Gasteiger partial charge in [0.15, 0.2) is 0 Å². The maximum atomic E-state index is 11.0. The number of hydrogen-bond acceptors (Lipinski definition) is 3. The third kappa shape index (κ3) is 7.10. The highest BCUT2D eigenvalue weighted by molar-refractivity contribution is 7.97. The van der Waals surface area contributed by atoms with Gasteiger partial charge in [-0.1, -0.05) is 54.6 Å². The summed E-state index contributed by atoms with van der Waals surface area (Å²) in [6.07, 6.45) is 7.82. The predicted molar refractivity (Wildman–Crippen MR) is 114 cm³/mol. The van der Waals surface area contributed by atoms with Crippen LogP contribution in [0.3, 0.4) is 0 Å². The Labute approximate surface area is 169 Å². The molecule has 3 nitrogen and oxygen atoms in total. The van der Waals surface area contributed by atoms with Crippen molar-refractivity contribution in [1.29, 1.82) is 0 Å². The number of rotatable bonds is 9. The van der Waals surface area contributed by atoms with Gasteiger partial charge in [0.25, 0.3) is 0 Å². The topological polar surface area (TPSA) is 40.5 Å². The number of allylic oxidation sites excluding steroid dienone is 3. The first kappa shape index (κ1) is 21.0. The molecule has 0 saturated carbocycles. The summed E-state index contributed by atoms with van der Waals surface area (Å²) in [7, 11) is 0. The van der Waals surface area contributed by atoms with Gasteiger partial charge in [-0.05, 0) is 66.4 Å². The van der Waals surface area contributed by atoms with Crippen molar-refractivity contribution in [2.24, 2.45) is 0 Å². The molecule has 5 heteroatoms. The highest BCUT2D eigenvalue weighted by Gasteiger charge is 2.11. The van der Waals surface area contributed by atoms with Gasteiger partial charge in [0.1, 0.15) is 0 Å². The Morgan fingerprint density at radius 2 is 2.00 bits per heavy atom. The average Bonchev–Trinajstić information content (AvgIpc) is 2.62. The van der Waals surface area contributed by atoms with Gasteiger partial charge in [0, 0.05) is 23.0 Å². The van der Waals surface area contributed by atoms with E-state index in [4.69, 9.17) is 16.7 Å². The van der Waals surface area contributed by atoms with Crippen LogP contribution in [-0.4, -0.2) is 21.9 Å². The van der Waals surface area contributed by atoms with E-state index in [0.717, 1.165) is 16.0 Å². The van der Waals surface area contributed by atoms with Crippen molar-refractivity contribution in [2.45, 2.75) is 18.4 Å². The number of carboxylic acid groups (broad SMARTS) is 1. The first-order valence-corrected chi connectivity index (χ1v) is 9.62. The largest absolute Gasteiger partial charge is 0.478 e. The fourth-order valence-corrected chi connectivity index (χ4v) is 3.69. The van der Waals surface area contributed by atoms with E-state index in [-0.39, 0.29) is 5.56 Å². The lowest BCUT2D eigenvalue weighted by molar-refractivity contribution is 0.0697. The van der Waals surface area contributed by atoms with Gasteiger partial charge >= 0.3 is 5.97 Å². The molecule has 0 aliphatic heterocycles. The summed E-state index contributed by atoms with van der Waals surface area (Å²) < 4.78 is 2.21. The van der Waals surface area contributed by atoms with E-state index < -0.39 is 5.97 Å². The quantitative estimate of drug-likeness (QED) is 0.400. The molecular weight excluding hydrogens is 378 g/mol. The van der Waals surface area contributed by atoms with Crippen molar-refractivity contribution in [1.82, 2.24) is 4.31 Å². The molecule has 0 spiro atoms. The minimum atomic E-state index is -0.924. The van der Waals surface area contributed by atoms with Gasteiger partial charge in [0.2, 0.25) is 0 Å². The van der Waals surface area contributed by atoms with E-state index in [0.29, 0.717) is 18.1 Å². The van der Waals surface area contributed by atoms with Crippen LogP contribution >= 0.6 is 23.5 Å². The minimum absolute atomic E-state index is 0.280. The number of benzene rings is 2. The third-order valence-corrected chi connectivity index (χ3v) is 4.89. The number of hydrogen-bond donors (Lipinski definition) is 1. The van der Waals surface area contributed by atoms with E-state index in [9.17, 15) is 4.79 Å². The highest BCUT2D eigenvalue weighted by atomic mass is 35.5. The standard InChI is InChI=1S/C22H22ClNO2S/c1-3-6-17(7-4-2)15-24(16-18-8-5-9-20(23)14-18)27-21-12-10-19(11-13-21)22(25)26/h3-14H,1,15-16H2,2H3,(H,25,26)/b7-4-,17-6+. The predicted octanol–water partition coefficient (Wildman–Crippen LogP) is 6.24. The molecule has 0 atom stereocenters. The molecular formula is C22H22ClNO2S. The molecule has 2 rings (SSSR count). The van der Waals surface area contributed by atoms with Crippen LogP contribution in [0.5, 0.6) is 0 Å². The number of carbonyl (C=O) groups is 1. The van der Waals surface area contributed by atoms with Crippen LogP contribution in [-0.2, 0) is 6.54 Å². The summed E-state index contributed by atoms with van der Waals surface area (Å²) >= 11 is 7.70. The zero-order valence-electron chi connectivity index (χ0n) is 15.1. The minimum Gasteiger partial charge on any atom is -0.478 e. The molecule has 140 valence electrons. The molecule has 0 saturated heterocycles. The summed E-state index contributed by atoms with van der Waals surface area (Å²) in [6, 6.07) is 14.7. The Kier molecular flexibility index (Phi) is 8.40. The van der Waals surface area contributed by atoms with E-state index in [1.807, 2.05) is 55.5 Å². The smallest absolute Gasteiger partial charge is 0.335 e. The second-order valence-corrected chi connectivity index (χ2v) is 7.43. The maximum Gasteiger partial charge on any atom is 0.335 e. The monoisotopic (exact) mass is 399 g/mol. The molecule has 2 aromatic rings. The fourth-order valence-electron chi connectivity index (χ4n) is 2.50. The summed E-state index contributed by atoms with van der Waals surface area (Å²) in [5.41, 5.74) is 2.52. The Bertz CT molecular complexity index is 844. The molecule has 27 heavy (non-hydrogen) atoms. The number of halogens is 1. The molecule has 0 unspecified atom stereocenters. The van der Waals surface area contributed by atoms with Gasteiger partial charge < -0.3 is 5.11 Å². The van der Waals surface area contributed by atoms with Crippen LogP contribution in [0.15, 0.2) is 89.9 Å². The van der Waals surface area contributed by atoms with Crippen molar-refractivity contribution >= 4 is 29.5 Å². The van der Waals surface area contributed by atoms with Gasteiger partial charge in [-0.15, -0.1) is 0 Å². The van der Waals surface area contributed by atoms with Crippen molar-refractivity contribution < 1.29 is 9.90 Å². The SMILES string of the molecule is C=C/C=C(\C=C/C)CN(Cc1cccc(Cl)c1)Sc1ccc(C(=O)O)cc1. The lowest BCUT2D eigenvalue weighted by Crippen LogP contribution is -2.18. The Morgan fingerprint density at radius 3 is 2.59 bits per heavy atom. The molecule has 0 aliphatic rings. The van der Waals surface area contributed by atoms with Gasteiger partial charge in [-0.2, -0.15) is 0 Å². The van der Waals surface area contributed by atoms with Gasteiger partial charge in [-0.25, -0.2) is 9.10 Å². The van der Waals surface area contributed by atoms with E-state index in [2.05, 4.69) is 17.0 Å². The average molecular weight is 400 g/mol. The molecule has 1 N–H and O–H groups in total. The normalized spacial score (nSPS) is 11.9. The van der Waals surface area contributed by atoms with Crippen molar-refractivity contribution in [3.8, 4) is 0 Å². The summed E-state index contributed by atoms with van der Waals surface area (Å²) in [6.45, 7) is 7.16. The van der Waals surface area contributed by atoms with Crippen LogP contribution in [0, 0.1) is 0 Å². The first-order chi connectivity index (χ1) is 13.0. The summed E-state index contributed by atoms with van der Waals surface area (Å²) in [4.78, 5) is 12.0. The highest BCUT2D eigenvalue weighted by Crippen LogP contribution is 2.27. The first-order valence-electron chi connectivity index (χ1n) is 8.47. The number of carboxylic acids is 1. The van der Waals surface area contributed by atoms with E-state index >= 15 is 0 Å². The second kappa shape index (κ2) is 10.8. The van der Waals surface area contributed by atoms with Crippen LogP contribution < -0.4 is 0 Å². The lowest BCUT2D eigenvalue weighted by atomic mass is 10.2. The molecule has 0 bridgehead atoms. The van der Waals surface area contributed by atoms with Gasteiger partial charge in [0.05, 0.1) is 5.56 Å². The molecule has 0 radical (unpaired) electrons. The molecule has 0 heterocycles. The Morgan fingerprint density at radius 1 is 1.26 bits per heavy atom. The zero-order valence-corrected chi connectivity index (χ0v) is 16.7. The number of nitrogens with zero attached hydrogens (tertiary/aromatic N) is 1. The van der Waals surface area contributed by atoms with Crippen molar-refractivity contribution in [3.05, 3.63) is 101 Å². The maximum absolute atomic E-state index is 11.0. The van der Waals surface area contributed by atoms with Gasteiger partial charge in [-0.3, -0.25) is 0 Å². The summed E-state index contributed by atoms with van der Waals surface area (Å²) in [5.74, 6) is -0.924. The van der Waals surface area contributed by atoms with Crippen LogP contribution in [0.2, 0.25) is 5.02 Å². The third-order valence-electron chi connectivity index (χ3n) is 3.66. The Hall–Kier alpha value is -2.27. The van der Waals surface area contributed by atoms with Crippen LogP contribution in [0.4, 0.5) is 0 Å². The fraction of sp³-hybridized carbons (Fsp3) is 0.136. The van der Waals surface area contributed by atoms with Crippen LogP contribution in [0.1, 0.15) is 22.8 Å². The molecule has 0 aromatic heterocycles. The Balaban J connectivity index is 2.23. The van der Waals surface area contributed by atoms with Crippen molar-refractivity contribution in [2.75, 3.05) is 6.54 Å². The molecule has 0 aliphatic carbocycles. The zero-order chi connectivity index (χ0) is 19.6.